The Labute approximate surface area is 273 Å². The van der Waals surface area contributed by atoms with Crippen molar-refractivity contribution >= 4 is 41.3 Å². The van der Waals surface area contributed by atoms with E-state index in [-0.39, 0.29) is 28.8 Å². The van der Waals surface area contributed by atoms with E-state index in [2.05, 4.69) is 31.2 Å². The maximum Gasteiger partial charge on any atom is 0.335 e. The highest BCUT2D eigenvalue weighted by molar-refractivity contribution is 6.29. The number of benzene rings is 2. The number of anilines is 1. The third-order valence-corrected chi connectivity index (χ3v) is 6.50. The number of rotatable bonds is 13. The summed E-state index contributed by atoms with van der Waals surface area (Å²) in [6, 6.07) is 13.6. The van der Waals surface area contributed by atoms with Gasteiger partial charge in [0.15, 0.2) is 0 Å². The number of nitriles is 1. The molecule has 46 heavy (non-hydrogen) atoms. The smallest absolute Gasteiger partial charge is 0.335 e. The molecule has 0 saturated heterocycles. The summed E-state index contributed by atoms with van der Waals surface area (Å²) in [6.45, 7) is 9.19. The van der Waals surface area contributed by atoms with Crippen molar-refractivity contribution in [2.45, 2.75) is 64.9 Å². The van der Waals surface area contributed by atoms with E-state index in [9.17, 15) is 24.8 Å². The molecule has 0 spiro atoms. The first-order valence-electron chi connectivity index (χ1n) is 14.5. The van der Waals surface area contributed by atoms with Gasteiger partial charge < -0.3 is 31.1 Å². The number of hydrogen-bond acceptors (Lipinski definition) is 10. The van der Waals surface area contributed by atoms with Crippen LogP contribution in [0.5, 0.6) is 5.75 Å². The summed E-state index contributed by atoms with van der Waals surface area (Å²) >= 11 is 5.91. The number of aryl methyl sites for hydroxylation is 1. The number of hydrogen-bond donors (Lipinski definition) is 5. The van der Waals surface area contributed by atoms with Gasteiger partial charge in [0.05, 0.1) is 18.5 Å². The maximum atomic E-state index is 13.5. The van der Waals surface area contributed by atoms with Gasteiger partial charge in [0.1, 0.15) is 40.4 Å². The van der Waals surface area contributed by atoms with Crippen LogP contribution in [0.3, 0.4) is 0 Å². The van der Waals surface area contributed by atoms with E-state index in [4.69, 9.17) is 16.3 Å². The molecule has 0 radical (unpaired) electrons. The number of carbonyl (C=O) groups is 3. The van der Waals surface area contributed by atoms with Crippen LogP contribution in [-0.2, 0) is 20.9 Å². The molecule has 12 nitrogen and oxygen atoms in total. The lowest BCUT2D eigenvalue weighted by atomic mass is 10.1. The monoisotopic (exact) mass is 647 g/mol. The van der Waals surface area contributed by atoms with Crippen LogP contribution >= 0.6 is 11.6 Å². The first-order valence-corrected chi connectivity index (χ1v) is 14.9. The lowest BCUT2D eigenvalue weighted by Crippen LogP contribution is -2.55. The Hall–Kier alpha value is -4.83. The number of halogens is 1. The van der Waals surface area contributed by atoms with E-state index in [0.717, 1.165) is 11.1 Å². The van der Waals surface area contributed by atoms with Gasteiger partial charge in [-0.05, 0) is 64.0 Å². The van der Waals surface area contributed by atoms with Gasteiger partial charge in [-0.1, -0.05) is 53.6 Å². The number of aliphatic hydroxyl groups is 1. The van der Waals surface area contributed by atoms with E-state index < -0.39 is 41.5 Å². The van der Waals surface area contributed by atoms with Gasteiger partial charge in [0, 0.05) is 18.6 Å². The van der Waals surface area contributed by atoms with Crippen molar-refractivity contribution in [1.29, 1.82) is 5.26 Å². The topological polar surface area (TPSA) is 178 Å². The molecule has 2 aromatic carbocycles. The molecule has 2 amide bonds. The third-order valence-electron chi connectivity index (χ3n) is 6.31. The number of carbonyl (C=O) groups excluding carboxylic acids is 3. The quantitative estimate of drug-likeness (QED) is 0.0800. The Bertz CT molecular complexity index is 1600. The minimum absolute atomic E-state index is 0.00685. The minimum atomic E-state index is -1.21. The van der Waals surface area contributed by atoms with E-state index in [0.29, 0.717) is 12.1 Å². The normalized spacial score (nSPS) is 13.5. The zero-order chi connectivity index (χ0) is 33.9. The molecule has 242 valence electrons. The van der Waals surface area contributed by atoms with E-state index in [1.807, 2.05) is 37.3 Å². The Morgan fingerprint density at radius 3 is 2.48 bits per heavy atom. The van der Waals surface area contributed by atoms with Crippen LogP contribution in [0.15, 0.2) is 66.5 Å². The van der Waals surface area contributed by atoms with Crippen LogP contribution in [0.4, 0.5) is 5.82 Å². The largest absolute Gasteiger partial charge is 0.425 e. The van der Waals surface area contributed by atoms with E-state index in [1.165, 1.54) is 37.5 Å². The van der Waals surface area contributed by atoms with Gasteiger partial charge in [-0.25, -0.2) is 9.78 Å². The second kappa shape index (κ2) is 16.5. The molecular weight excluding hydrogens is 610 g/mol. The molecule has 0 aliphatic carbocycles. The predicted molar refractivity (Wildman–Crippen MR) is 175 cm³/mol. The second-order valence-corrected chi connectivity index (χ2v) is 12.0. The lowest BCUT2D eigenvalue weighted by molar-refractivity contribution is -0.139. The van der Waals surface area contributed by atoms with Crippen molar-refractivity contribution in [3.05, 3.63) is 88.3 Å². The molecule has 0 aliphatic rings. The van der Waals surface area contributed by atoms with Crippen molar-refractivity contribution in [2.24, 2.45) is 0 Å². The van der Waals surface area contributed by atoms with Gasteiger partial charge in [-0.2, -0.15) is 5.26 Å². The van der Waals surface area contributed by atoms with E-state index >= 15 is 0 Å². The van der Waals surface area contributed by atoms with Gasteiger partial charge >= 0.3 is 5.97 Å². The fraction of sp³-hybridized carbons (Fsp3) is 0.333. The number of aromatic nitrogens is 2. The molecule has 0 unspecified atom stereocenters. The summed E-state index contributed by atoms with van der Waals surface area (Å²) in [5, 5.41) is 31.4. The number of esters is 1. The van der Waals surface area contributed by atoms with Gasteiger partial charge in [-0.15, -0.1) is 0 Å². The van der Waals surface area contributed by atoms with Crippen LogP contribution in [0, 0.1) is 18.3 Å². The van der Waals surface area contributed by atoms with Crippen LogP contribution in [-0.4, -0.2) is 63.1 Å². The molecule has 0 fully saturated rings. The first-order chi connectivity index (χ1) is 21.7. The SMILES string of the molecule is Cc1ccc(CNC[C@H](NC(=O)[C@@H](Nc2cncc(Cl)n2)[C@@H](C)O)C(=O)Oc2cccc(C=C(C#N)C(=O)NC(C)(C)C)c2)cc1. The lowest BCUT2D eigenvalue weighted by Gasteiger charge is -2.24. The fourth-order valence-corrected chi connectivity index (χ4v) is 4.22. The summed E-state index contributed by atoms with van der Waals surface area (Å²) in [7, 11) is 0. The average molecular weight is 648 g/mol. The molecular formula is C33H38ClN7O5. The Balaban J connectivity index is 1.80. The highest BCUT2D eigenvalue weighted by Gasteiger charge is 2.30. The highest BCUT2D eigenvalue weighted by Crippen LogP contribution is 2.18. The standard InChI is InChI=1S/C33H38ClN7O5/c1-20-9-11-22(12-10-20)16-36-17-26(38-31(44)29(21(2)42)40-28-19-37-18-27(34)39-28)32(45)46-25-8-6-7-23(14-25)13-24(15-35)30(43)41-33(3,4)5/h6-14,18-19,21,26,29,36,42H,16-17H2,1-5H3,(H,38,44)(H,39,40)(H,41,43)/t21-,26+,29+/m1/s1. The Morgan fingerprint density at radius 2 is 1.85 bits per heavy atom. The number of nitrogens with zero attached hydrogens (tertiary/aromatic N) is 3. The Morgan fingerprint density at radius 1 is 1.13 bits per heavy atom. The molecule has 1 aromatic heterocycles. The molecule has 3 aromatic rings. The van der Waals surface area contributed by atoms with Crippen LogP contribution in [0.25, 0.3) is 6.08 Å². The molecule has 0 aliphatic heterocycles. The average Bonchev–Trinajstić information content (AvgIpc) is 2.98. The van der Waals surface area contributed by atoms with Crippen molar-refractivity contribution in [1.82, 2.24) is 25.9 Å². The second-order valence-electron chi connectivity index (χ2n) is 11.6. The maximum absolute atomic E-state index is 13.5. The zero-order valence-electron chi connectivity index (χ0n) is 26.3. The zero-order valence-corrected chi connectivity index (χ0v) is 27.1. The number of nitrogens with one attached hydrogen (secondary N) is 4. The minimum Gasteiger partial charge on any atom is -0.425 e. The summed E-state index contributed by atoms with van der Waals surface area (Å²) in [4.78, 5) is 47.3. The van der Waals surface area contributed by atoms with Crippen molar-refractivity contribution in [2.75, 3.05) is 11.9 Å². The number of ether oxygens (including phenoxy) is 1. The number of aliphatic hydroxyl groups excluding tert-OH is 1. The van der Waals surface area contributed by atoms with Crippen LogP contribution in [0.2, 0.25) is 5.15 Å². The van der Waals surface area contributed by atoms with Crippen LogP contribution in [0.1, 0.15) is 44.4 Å². The fourth-order valence-electron chi connectivity index (χ4n) is 4.08. The molecule has 3 rings (SSSR count). The van der Waals surface area contributed by atoms with Gasteiger partial charge in [-0.3, -0.25) is 14.6 Å². The molecule has 1 heterocycles. The summed E-state index contributed by atoms with van der Waals surface area (Å²) in [6.07, 6.45) is 2.86. The van der Waals surface area contributed by atoms with Gasteiger partial charge in [0.2, 0.25) is 5.91 Å². The third kappa shape index (κ3) is 11.6. The molecule has 13 heteroatoms. The summed E-state index contributed by atoms with van der Waals surface area (Å²) < 4.78 is 5.64. The summed E-state index contributed by atoms with van der Waals surface area (Å²) in [5.41, 5.74) is 1.86. The molecule has 3 atom stereocenters. The number of amides is 2. The Kier molecular flexibility index (Phi) is 12.8. The van der Waals surface area contributed by atoms with Crippen molar-refractivity contribution < 1.29 is 24.2 Å². The van der Waals surface area contributed by atoms with E-state index in [1.54, 1.807) is 32.9 Å². The molecule has 5 N–H and O–H groups in total. The van der Waals surface area contributed by atoms with Crippen molar-refractivity contribution in [3.63, 3.8) is 0 Å². The summed E-state index contributed by atoms with van der Waals surface area (Å²) in [5.74, 6) is -1.74. The molecule has 0 bridgehead atoms. The van der Waals surface area contributed by atoms with Crippen molar-refractivity contribution in [3.8, 4) is 11.8 Å². The molecule has 0 saturated carbocycles. The first kappa shape index (κ1) is 35.6. The van der Waals surface area contributed by atoms with Gasteiger partial charge in [0.25, 0.3) is 5.91 Å². The predicted octanol–water partition coefficient (Wildman–Crippen LogP) is 3.30. The van der Waals surface area contributed by atoms with Crippen LogP contribution < -0.4 is 26.0 Å². The highest BCUT2D eigenvalue weighted by atomic mass is 35.5.